The van der Waals surface area contributed by atoms with Gasteiger partial charge in [0.05, 0.1) is 19.3 Å². The van der Waals surface area contributed by atoms with Gasteiger partial charge in [-0.25, -0.2) is 4.79 Å². The molecule has 0 radical (unpaired) electrons. The molecule has 0 aromatic rings. The van der Waals surface area contributed by atoms with Crippen molar-refractivity contribution in [2.75, 3.05) is 13.2 Å². The minimum absolute atomic E-state index is 0.00866. The molecule has 0 fully saturated rings. The van der Waals surface area contributed by atoms with Crippen LogP contribution in [0.4, 0.5) is 0 Å². The van der Waals surface area contributed by atoms with Crippen LogP contribution in [0.3, 0.4) is 0 Å². The smallest absolute Gasteiger partial charge is 0.339 e. The maximum absolute atomic E-state index is 11.7. The van der Waals surface area contributed by atoms with Crippen molar-refractivity contribution in [1.29, 1.82) is 0 Å². The Labute approximate surface area is 136 Å². The summed E-state index contributed by atoms with van der Waals surface area (Å²) in [7, 11) is 0. The Kier molecular flexibility index (Phi) is 10.8. The van der Waals surface area contributed by atoms with Crippen molar-refractivity contribution in [1.82, 2.24) is 5.32 Å². The maximum atomic E-state index is 11.7. The quantitative estimate of drug-likeness (QED) is 0.490. The van der Waals surface area contributed by atoms with Gasteiger partial charge in [0.2, 0.25) is 10.7 Å². The van der Waals surface area contributed by atoms with Gasteiger partial charge in [-0.15, -0.1) is 0 Å². The lowest BCUT2D eigenvalue weighted by molar-refractivity contribution is -0.151. The van der Waals surface area contributed by atoms with Gasteiger partial charge in [0.1, 0.15) is 6.10 Å². The van der Waals surface area contributed by atoms with E-state index in [1.54, 1.807) is 0 Å². The van der Waals surface area contributed by atoms with Crippen molar-refractivity contribution in [3.63, 3.8) is 0 Å². The second-order valence-corrected chi connectivity index (χ2v) is 6.57. The van der Waals surface area contributed by atoms with E-state index in [0.29, 0.717) is 12.3 Å². The Morgan fingerprint density at radius 1 is 1.14 bits per heavy atom. The number of hydrogen-bond donors (Lipinski definition) is 1. The molecule has 0 unspecified atom stereocenters. The highest BCUT2D eigenvalue weighted by molar-refractivity contribution is 6.52. The number of alkyl halides is 2. The second-order valence-electron chi connectivity index (χ2n) is 5.48. The van der Waals surface area contributed by atoms with Crippen molar-refractivity contribution in [2.45, 2.75) is 57.6 Å². The second kappa shape index (κ2) is 11.1. The molecule has 0 aromatic carbocycles. The fraction of sp³-hybridized carbons (Fsp3) is 0.857. The van der Waals surface area contributed by atoms with E-state index < -0.39 is 16.9 Å². The predicted molar refractivity (Wildman–Crippen MR) is 83.5 cm³/mol. The molecule has 0 spiro atoms. The summed E-state index contributed by atoms with van der Waals surface area (Å²) in [6.07, 6.45) is 0.634. The van der Waals surface area contributed by atoms with Gasteiger partial charge in [-0.05, 0) is 26.2 Å². The summed E-state index contributed by atoms with van der Waals surface area (Å²) in [5, 5.41) is 2.72. The first kappa shape index (κ1) is 20.5. The Hall–Kier alpha value is -0.520. The van der Waals surface area contributed by atoms with Crippen molar-refractivity contribution < 1.29 is 19.1 Å². The molecule has 0 aliphatic rings. The van der Waals surface area contributed by atoms with Gasteiger partial charge in [-0.3, -0.25) is 4.79 Å². The Balaban J connectivity index is 4.25. The molecule has 0 aliphatic carbocycles. The fourth-order valence-corrected chi connectivity index (χ4v) is 1.49. The van der Waals surface area contributed by atoms with E-state index in [-0.39, 0.29) is 25.2 Å². The van der Waals surface area contributed by atoms with Crippen LogP contribution in [0.15, 0.2) is 0 Å². The average Bonchev–Trinajstić information content (AvgIpc) is 2.38. The Morgan fingerprint density at radius 2 is 1.76 bits per heavy atom. The van der Waals surface area contributed by atoms with E-state index >= 15 is 0 Å². The highest BCUT2D eigenvalue weighted by Gasteiger charge is 2.21. The van der Waals surface area contributed by atoms with Crippen LogP contribution in [0, 0.1) is 5.92 Å². The van der Waals surface area contributed by atoms with Gasteiger partial charge in [-0.1, -0.05) is 37.0 Å². The number of nitrogens with one attached hydrogen (secondary N) is 1. The zero-order valence-electron chi connectivity index (χ0n) is 13.0. The summed E-state index contributed by atoms with van der Waals surface area (Å²) in [5.74, 6) is -0.364. The molecule has 0 heterocycles. The molecule has 0 rings (SSSR count). The summed E-state index contributed by atoms with van der Waals surface area (Å²) in [6.45, 7) is 8.19. The number of amides is 1. The zero-order chi connectivity index (χ0) is 16.4. The summed E-state index contributed by atoms with van der Waals surface area (Å²) in [4.78, 5) is 21.8. The van der Waals surface area contributed by atoms with Crippen LogP contribution in [-0.4, -0.2) is 42.1 Å². The van der Waals surface area contributed by atoms with E-state index in [2.05, 4.69) is 19.2 Å². The lowest BCUT2D eigenvalue weighted by atomic mass is 10.1. The molecule has 7 heteroatoms. The standard InChI is InChI=1S/C14H25Cl2NO4/c1-9(2)5-6-12(18)17-7-11(8-20-10(3)4)21-14(19)13(15)16/h9-11,13H,5-8H2,1-4H3,(H,17,18)/t11-/m1/s1. The first-order chi connectivity index (χ1) is 9.72. The number of hydrogen-bond acceptors (Lipinski definition) is 4. The Morgan fingerprint density at radius 3 is 2.24 bits per heavy atom. The topological polar surface area (TPSA) is 64.6 Å². The summed E-state index contributed by atoms with van der Waals surface area (Å²) in [6, 6.07) is 0. The van der Waals surface area contributed by atoms with Gasteiger partial charge in [0.15, 0.2) is 0 Å². The predicted octanol–water partition coefficient (Wildman–Crippen LogP) is 2.68. The lowest BCUT2D eigenvalue weighted by Gasteiger charge is -2.20. The SMILES string of the molecule is CC(C)CCC(=O)NC[C@H](COC(C)C)OC(=O)C(Cl)Cl. The third-order valence-corrected chi connectivity index (χ3v) is 2.91. The van der Waals surface area contributed by atoms with E-state index in [0.717, 1.165) is 6.42 Å². The third kappa shape index (κ3) is 11.8. The first-order valence-electron chi connectivity index (χ1n) is 7.09. The van der Waals surface area contributed by atoms with Crippen LogP contribution in [-0.2, 0) is 19.1 Å². The zero-order valence-corrected chi connectivity index (χ0v) is 14.5. The minimum atomic E-state index is -1.25. The van der Waals surface area contributed by atoms with Gasteiger partial charge in [0.25, 0.3) is 0 Å². The molecule has 0 aromatic heterocycles. The molecule has 1 N–H and O–H groups in total. The molecule has 0 bridgehead atoms. The van der Waals surface area contributed by atoms with E-state index in [1.807, 2.05) is 13.8 Å². The van der Waals surface area contributed by atoms with Gasteiger partial charge >= 0.3 is 5.97 Å². The Bertz CT molecular complexity index is 322. The van der Waals surface area contributed by atoms with Crippen molar-refractivity contribution >= 4 is 35.1 Å². The largest absolute Gasteiger partial charge is 0.456 e. The third-order valence-electron chi connectivity index (χ3n) is 2.55. The van der Waals surface area contributed by atoms with Crippen LogP contribution in [0.1, 0.15) is 40.5 Å². The van der Waals surface area contributed by atoms with Crippen LogP contribution < -0.4 is 5.32 Å². The molecule has 124 valence electrons. The van der Waals surface area contributed by atoms with E-state index in [1.165, 1.54) is 0 Å². The van der Waals surface area contributed by atoms with Crippen LogP contribution in [0.2, 0.25) is 0 Å². The van der Waals surface area contributed by atoms with Crippen molar-refractivity contribution in [3.05, 3.63) is 0 Å². The number of rotatable bonds is 10. The molecular formula is C14H25Cl2NO4. The summed E-state index contributed by atoms with van der Waals surface area (Å²) in [5.41, 5.74) is 0. The molecule has 5 nitrogen and oxygen atoms in total. The van der Waals surface area contributed by atoms with E-state index in [4.69, 9.17) is 32.7 Å². The van der Waals surface area contributed by atoms with Crippen LogP contribution >= 0.6 is 23.2 Å². The van der Waals surface area contributed by atoms with Crippen molar-refractivity contribution in [3.8, 4) is 0 Å². The molecular weight excluding hydrogens is 317 g/mol. The molecule has 21 heavy (non-hydrogen) atoms. The van der Waals surface area contributed by atoms with Gasteiger partial charge in [-0.2, -0.15) is 0 Å². The van der Waals surface area contributed by atoms with E-state index in [9.17, 15) is 9.59 Å². The number of halogens is 2. The normalized spacial score (nSPS) is 12.8. The monoisotopic (exact) mass is 341 g/mol. The molecule has 1 amide bonds. The number of carbonyl (C=O) groups is 2. The first-order valence-corrected chi connectivity index (χ1v) is 7.96. The summed E-state index contributed by atoms with van der Waals surface area (Å²) < 4.78 is 10.5. The van der Waals surface area contributed by atoms with Gasteiger partial charge < -0.3 is 14.8 Å². The fourth-order valence-electron chi connectivity index (χ4n) is 1.39. The number of ether oxygens (including phenoxy) is 2. The van der Waals surface area contributed by atoms with Crippen molar-refractivity contribution in [2.24, 2.45) is 5.92 Å². The van der Waals surface area contributed by atoms with Gasteiger partial charge in [0, 0.05) is 6.42 Å². The summed E-state index contributed by atoms with van der Waals surface area (Å²) >= 11 is 10.9. The highest BCUT2D eigenvalue weighted by Crippen LogP contribution is 2.07. The lowest BCUT2D eigenvalue weighted by Crippen LogP contribution is -2.39. The maximum Gasteiger partial charge on any atom is 0.339 e. The molecule has 1 atom stereocenters. The number of esters is 1. The molecule has 0 saturated heterocycles. The average molecular weight is 342 g/mol. The van der Waals surface area contributed by atoms with Crippen LogP contribution in [0.5, 0.6) is 0 Å². The van der Waals surface area contributed by atoms with Crippen LogP contribution in [0.25, 0.3) is 0 Å². The highest BCUT2D eigenvalue weighted by atomic mass is 35.5. The number of carbonyl (C=O) groups excluding carboxylic acids is 2. The minimum Gasteiger partial charge on any atom is -0.456 e. The molecule has 0 saturated carbocycles. The molecule has 0 aliphatic heterocycles.